The molecule has 0 spiro atoms. The Morgan fingerprint density at radius 1 is 0.880 bits per heavy atom. The molecule has 0 bridgehead atoms. The molecule has 0 aliphatic rings. The summed E-state index contributed by atoms with van der Waals surface area (Å²) in [6.45, 7) is 2.25. The van der Waals surface area contributed by atoms with Crippen molar-refractivity contribution in [2.24, 2.45) is 0 Å². The Hall–Kier alpha value is -1.77. The summed E-state index contributed by atoms with van der Waals surface area (Å²) < 4.78 is 0. The second kappa shape index (κ2) is 14.6. The first-order chi connectivity index (χ1) is 12.2. The van der Waals surface area contributed by atoms with Crippen molar-refractivity contribution in [2.45, 2.75) is 84.0 Å². The van der Waals surface area contributed by atoms with Crippen LogP contribution in [0.5, 0.6) is 5.75 Å². The highest BCUT2D eigenvalue weighted by molar-refractivity contribution is 5.90. The Bertz CT molecular complexity index is 479. The number of aromatic hydroxyl groups is 1. The zero-order chi connectivity index (χ0) is 18.2. The highest BCUT2D eigenvalue weighted by atomic mass is 16.3. The summed E-state index contributed by atoms with van der Waals surface area (Å²) in [4.78, 5) is 11.8. The lowest BCUT2D eigenvalue weighted by Gasteiger charge is -2.05. The van der Waals surface area contributed by atoms with Gasteiger partial charge >= 0.3 is 0 Å². The van der Waals surface area contributed by atoms with E-state index in [0.29, 0.717) is 6.42 Å². The second-order valence-electron chi connectivity index (χ2n) is 6.72. The van der Waals surface area contributed by atoms with Crippen molar-refractivity contribution in [1.29, 1.82) is 0 Å². The molecular formula is C22H35NO2. The van der Waals surface area contributed by atoms with Gasteiger partial charge in [-0.3, -0.25) is 4.79 Å². The summed E-state index contributed by atoms with van der Waals surface area (Å²) in [5.74, 6) is 0.265. The van der Waals surface area contributed by atoms with Crippen LogP contribution < -0.4 is 5.32 Å². The molecule has 1 amide bonds. The number of hydrogen-bond acceptors (Lipinski definition) is 2. The van der Waals surface area contributed by atoms with Gasteiger partial charge in [0.2, 0.25) is 5.91 Å². The number of amides is 1. The molecule has 0 fully saturated rings. The van der Waals surface area contributed by atoms with Gasteiger partial charge in [0, 0.05) is 12.1 Å². The smallest absolute Gasteiger partial charge is 0.224 e. The maximum absolute atomic E-state index is 11.8. The van der Waals surface area contributed by atoms with E-state index in [1.54, 1.807) is 24.3 Å². The average Bonchev–Trinajstić information content (AvgIpc) is 2.61. The van der Waals surface area contributed by atoms with E-state index in [2.05, 4.69) is 24.4 Å². The summed E-state index contributed by atoms with van der Waals surface area (Å²) in [6, 6.07) is 6.58. The molecule has 1 rings (SSSR count). The van der Waals surface area contributed by atoms with Crippen LogP contribution in [0.3, 0.4) is 0 Å². The number of benzene rings is 1. The quantitative estimate of drug-likeness (QED) is 0.227. The highest BCUT2D eigenvalue weighted by Crippen LogP contribution is 2.14. The number of anilines is 1. The Labute approximate surface area is 153 Å². The summed E-state index contributed by atoms with van der Waals surface area (Å²) in [5, 5.41) is 12.1. The predicted molar refractivity (Wildman–Crippen MR) is 107 cm³/mol. The molecule has 1 aromatic rings. The van der Waals surface area contributed by atoms with Crippen molar-refractivity contribution in [3.63, 3.8) is 0 Å². The minimum atomic E-state index is 0.0525. The van der Waals surface area contributed by atoms with E-state index in [1.807, 2.05) is 0 Å². The number of phenols is 1. The summed E-state index contributed by atoms with van der Waals surface area (Å²) in [6.07, 6.45) is 18.8. The SMILES string of the molecule is CCCCCC/C=C\CCCCCCCC(=O)Nc1ccc(O)cc1. The molecule has 140 valence electrons. The molecule has 0 heterocycles. The van der Waals surface area contributed by atoms with Gasteiger partial charge in [0.25, 0.3) is 0 Å². The van der Waals surface area contributed by atoms with Gasteiger partial charge in [-0.1, -0.05) is 57.6 Å². The number of carbonyl (C=O) groups excluding carboxylic acids is 1. The van der Waals surface area contributed by atoms with Gasteiger partial charge in [-0.05, 0) is 56.4 Å². The molecule has 0 aliphatic carbocycles. The second-order valence-corrected chi connectivity index (χ2v) is 6.72. The van der Waals surface area contributed by atoms with Crippen LogP contribution >= 0.6 is 0 Å². The molecule has 3 heteroatoms. The minimum Gasteiger partial charge on any atom is -0.508 e. The number of unbranched alkanes of at least 4 members (excludes halogenated alkanes) is 9. The van der Waals surface area contributed by atoms with Crippen molar-refractivity contribution in [3.05, 3.63) is 36.4 Å². The van der Waals surface area contributed by atoms with E-state index < -0.39 is 0 Å². The fraction of sp³-hybridized carbons (Fsp3) is 0.591. The van der Waals surface area contributed by atoms with Crippen LogP contribution in [0, 0.1) is 0 Å². The van der Waals surface area contributed by atoms with Gasteiger partial charge in [0.05, 0.1) is 0 Å². The van der Waals surface area contributed by atoms with Crippen LogP contribution in [0.1, 0.15) is 84.0 Å². The van der Waals surface area contributed by atoms with E-state index in [9.17, 15) is 9.90 Å². The molecule has 2 N–H and O–H groups in total. The number of nitrogens with one attached hydrogen (secondary N) is 1. The molecular weight excluding hydrogens is 310 g/mol. The molecule has 0 atom stereocenters. The molecule has 0 aromatic heterocycles. The van der Waals surface area contributed by atoms with Gasteiger partial charge in [-0.25, -0.2) is 0 Å². The third-order valence-electron chi connectivity index (χ3n) is 4.32. The third kappa shape index (κ3) is 12.3. The summed E-state index contributed by atoms with van der Waals surface area (Å²) in [7, 11) is 0. The highest BCUT2D eigenvalue weighted by Gasteiger charge is 2.02. The van der Waals surface area contributed by atoms with Crippen LogP contribution in [0.15, 0.2) is 36.4 Å². The van der Waals surface area contributed by atoms with Gasteiger partial charge < -0.3 is 10.4 Å². The van der Waals surface area contributed by atoms with Crippen molar-refractivity contribution in [1.82, 2.24) is 0 Å². The molecule has 0 aliphatic heterocycles. The third-order valence-corrected chi connectivity index (χ3v) is 4.32. The molecule has 0 saturated carbocycles. The average molecular weight is 346 g/mol. The van der Waals surface area contributed by atoms with Crippen molar-refractivity contribution in [2.75, 3.05) is 5.32 Å². The van der Waals surface area contributed by atoms with Crippen LogP contribution in [0.2, 0.25) is 0 Å². The normalized spacial score (nSPS) is 11.1. The number of phenolic OH excluding ortho intramolecular Hbond substituents is 1. The lowest BCUT2D eigenvalue weighted by molar-refractivity contribution is -0.116. The number of allylic oxidation sites excluding steroid dienone is 2. The Morgan fingerprint density at radius 2 is 1.44 bits per heavy atom. The van der Waals surface area contributed by atoms with E-state index in [1.165, 1.54) is 57.8 Å². The topological polar surface area (TPSA) is 49.3 Å². The first-order valence-corrected chi connectivity index (χ1v) is 9.96. The van der Waals surface area contributed by atoms with Gasteiger partial charge in [-0.15, -0.1) is 0 Å². The van der Waals surface area contributed by atoms with E-state index in [0.717, 1.165) is 18.5 Å². The summed E-state index contributed by atoms with van der Waals surface area (Å²) in [5.41, 5.74) is 0.740. The fourth-order valence-electron chi connectivity index (χ4n) is 2.77. The van der Waals surface area contributed by atoms with Crippen LogP contribution in [-0.2, 0) is 4.79 Å². The lowest BCUT2D eigenvalue weighted by Crippen LogP contribution is -2.10. The predicted octanol–water partition coefficient (Wildman–Crippen LogP) is 6.59. The van der Waals surface area contributed by atoms with Crippen LogP contribution in [0.4, 0.5) is 5.69 Å². The molecule has 0 radical (unpaired) electrons. The van der Waals surface area contributed by atoms with Gasteiger partial charge in [-0.2, -0.15) is 0 Å². The fourth-order valence-corrected chi connectivity index (χ4v) is 2.77. The number of hydrogen-bond donors (Lipinski definition) is 2. The summed E-state index contributed by atoms with van der Waals surface area (Å²) >= 11 is 0. The standard InChI is InChI=1S/C22H35NO2/c1-2-3-4-5-6-7-8-9-10-11-12-13-14-15-22(25)23-20-16-18-21(24)19-17-20/h7-8,16-19,24H,2-6,9-15H2,1H3,(H,23,25)/b8-7-. The largest absolute Gasteiger partial charge is 0.508 e. The lowest BCUT2D eigenvalue weighted by atomic mass is 10.1. The van der Waals surface area contributed by atoms with E-state index in [4.69, 9.17) is 0 Å². The van der Waals surface area contributed by atoms with E-state index >= 15 is 0 Å². The molecule has 3 nitrogen and oxygen atoms in total. The van der Waals surface area contributed by atoms with Gasteiger partial charge in [0.1, 0.15) is 5.75 Å². The van der Waals surface area contributed by atoms with E-state index in [-0.39, 0.29) is 11.7 Å². The first kappa shape index (κ1) is 21.3. The maximum atomic E-state index is 11.8. The van der Waals surface area contributed by atoms with Crippen molar-refractivity contribution < 1.29 is 9.90 Å². The zero-order valence-corrected chi connectivity index (χ0v) is 15.8. The van der Waals surface area contributed by atoms with Crippen LogP contribution in [-0.4, -0.2) is 11.0 Å². The zero-order valence-electron chi connectivity index (χ0n) is 15.8. The first-order valence-electron chi connectivity index (χ1n) is 9.96. The van der Waals surface area contributed by atoms with Crippen molar-refractivity contribution >= 4 is 11.6 Å². The molecule has 0 unspecified atom stereocenters. The van der Waals surface area contributed by atoms with Gasteiger partial charge in [0.15, 0.2) is 0 Å². The Balaban J connectivity index is 1.90. The monoisotopic (exact) mass is 345 g/mol. The number of carbonyl (C=O) groups is 1. The van der Waals surface area contributed by atoms with Crippen LogP contribution in [0.25, 0.3) is 0 Å². The number of rotatable bonds is 14. The molecule has 25 heavy (non-hydrogen) atoms. The Morgan fingerprint density at radius 3 is 2.08 bits per heavy atom. The molecule has 0 saturated heterocycles. The van der Waals surface area contributed by atoms with Crippen molar-refractivity contribution in [3.8, 4) is 5.75 Å². The molecule has 1 aromatic carbocycles. The maximum Gasteiger partial charge on any atom is 0.224 e. The Kier molecular flexibility index (Phi) is 12.4. The minimum absolute atomic E-state index is 0.0525.